The summed E-state index contributed by atoms with van der Waals surface area (Å²) < 4.78 is 26.9. The molecule has 1 aliphatic rings. The van der Waals surface area contributed by atoms with Crippen molar-refractivity contribution in [2.24, 2.45) is 5.41 Å². The van der Waals surface area contributed by atoms with E-state index in [0.29, 0.717) is 12.4 Å². The third-order valence-corrected chi connectivity index (χ3v) is 4.88. The molecule has 1 amide bonds. The van der Waals surface area contributed by atoms with Crippen LogP contribution in [0.25, 0.3) is 0 Å². The van der Waals surface area contributed by atoms with Crippen LogP contribution in [0.5, 0.6) is 0 Å². The highest BCUT2D eigenvalue weighted by atomic mass is 35.5. The van der Waals surface area contributed by atoms with Crippen molar-refractivity contribution in [3.63, 3.8) is 0 Å². The summed E-state index contributed by atoms with van der Waals surface area (Å²) in [6.45, 7) is 1.94. The molecule has 0 aromatic heterocycles. The molecule has 0 spiro atoms. The zero-order chi connectivity index (χ0) is 15.5. The van der Waals surface area contributed by atoms with E-state index in [2.05, 4.69) is 5.32 Å². The Labute approximate surface area is 128 Å². The number of carbonyl (C=O) groups is 1. The molecular weight excluding hydrogens is 296 g/mol. The van der Waals surface area contributed by atoms with E-state index < -0.39 is 17.5 Å². The second kappa shape index (κ2) is 6.73. The molecule has 0 radical (unpaired) electrons. The first kappa shape index (κ1) is 16.2. The maximum absolute atomic E-state index is 13.7. The van der Waals surface area contributed by atoms with E-state index in [9.17, 15) is 13.6 Å². The lowest BCUT2D eigenvalue weighted by Gasteiger charge is -2.35. The van der Waals surface area contributed by atoms with Gasteiger partial charge < -0.3 is 5.32 Å². The quantitative estimate of drug-likeness (QED) is 0.829. The average Bonchev–Trinajstić information content (AvgIpc) is 2.49. The van der Waals surface area contributed by atoms with Crippen LogP contribution in [0, 0.1) is 24.0 Å². The SMILES string of the molecule is Cc1cc(C(=O)NCC2(CCl)CCCCC2)c(F)cc1F. The minimum Gasteiger partial charge on any atom is -0.351 e. The van der Waals surface area contributed by atoms with Gasteiger partial charge >= 0.3 is 0 Å². The normalized spacial score (nSPS) is 17.5. The number of hydrogen-bond donors (Lipinski definition) is 1. The van der Waals surface area contributed by atoms with E-state index in [0.717, 1.165) is 31.7 Å². The summed E-state index contributed by atoms with van der Waals surface area (Å²) in [6.07, 6.45) is 5.35. The molecule has 1 aromatic carbocycles. The molecule has 0 heterocycles. The Morgan fingerprint density at radius 2 is 1.90 bits per heavy atom. The smallest absolute Gasteiger partial charge is 0.254 e. The average molecular weight is 316 g/mol. The molecule has 0 atom stereocenters. The molecule has 0 saturated heterocycles. The topological polar surface area (TPSA) is 29.1 Å². The fraction of sp³-hybridized carbons (Fsp3) is 0.562. The predicted molar refractivity (Wildman–Crippen MR) is 79.7 cm³/mol. The van der Waals surface area contributed by atoms with Crippen LogP contribution in [-0.4, -0.2) is 18.3 Å². The lowest BCUT2D eigenvalue weighted by molar-refractivity contribution is 0.0916. The third kappa shape index (κ3) is 3.73. The maximum atomic E-state index is 13.7. The summed E-state index contributed by atoms with van der Waals surface area (Å²) in [5, 5.41) is 2.76. The second-order valence-corrected chi connectivity index (χ2v) is 6.23. The Morgan fingerprint density at radius 3 is 2.52 bits per heavy atom. The Morgan fingerprint density at radius 1 is 1.24 bits per heavy atom. The molecule has 0 bridgehead atoms. The van der Waals surface area contributed by atoms with E-state index in [1.807, 2.05) is 0 Å². The highest BCUT2D eigenvalue weighted by molar-refractivity contribution is 6.18. The lowest BCUT2D eigenvalue weighted by atomic mass is 9.75. The van der Waals surface area contributed by atoms with Gasteiger partial charge in [-0.15, -0.1) is 11.6 Å². The van der Waals surface area contributed by atoms with Gasteiger partial charge in [0, 0.05) is 23.9 Å². The Kier molecular flexibility index (Phi) is 5.20. The largest absolute Gasteiger partial charge is 0.351 e. The summed E-state index contributed by atoms with van der Waals surface area (Å²) in [6, 6.07) is 2.00. The van der Waals surface area contributed by atoms with Gasteiger partial charge in [0.25, 0.3) is 5.91 Å². The van der Waals surface area contributed by atoms with Crippen molar-refractivity contribution in [3.8, 4) is 0 Å². The zero-order valence-electron chi connectivity index (χ0n) is 12.1. The molecule has 1 N–H and O–H groups in total. The first-order chi connectivity index (χ1) is 9.97. The van der Waals surface area contributed by atoms with Gasteiger partial charge in [0.05, 0.1) is 5.56 Å². The van der Waals surface area contributed by atoms with Crippen LogP contribution < -0.4 is 5.32 Å². The van der Waals surface area contributed by atoms with E-state index in [1.54, 1.807) is 0 Å². The molecular formula is C16H20ClF2NO. The molecule has 5 heteroatoms. The van der Waals surface area contributed by atoms with Crippen LogP contribution in [-0.2, 0) is 0 Å². The molecule has 1 saturated carbocycles. The molecule has 1 fully saturated rings. The van der Waals surface area contributed by atoms with Gasteiger partial charge in [-0.1, -0.05) is 19.3 Å². The summed E-state index contributed by atoms with van der Waals surface area (Å²) in [5.41, 5.74) is 0.0433. The summed E-state index contributed by atoms with van der Waals surface area (Å²) in [7, 11) is 0. The highest BCUT2D eigenvalue weighted by Gasteiger charge is 2.31. The van der Waals surface area contributed by atoms with Crippen molar-refractivity contribution in [2.75, 3.05) is 12.4 Å². The van der Waals surface area contributed by atoms with Crippen LogP contribution in [0.2, 0.25) is 0 Å². The first-order valence-electron chi connectivity index (χ1n) is 7.27. The monoisotopic (exact) mass is 315 g/mol. The van der Waals surface area contributed by atoms with Gasteiger partial charge in [0.15, 0.2) is 0 Å². The molecule has 21 heavy (non-hydrogen) atoms. The molecule has 1 aliphatic carbocycles. The Balaban J connectivity index is 2.06. The lowest BCUT2D eigenvalue weighted by Crippen LogP contribution is -2.40. The van der Waals surface area contributed by atoms with Gasteiger partial charge in [0.2, 0.25) is 0 Å². The van der Waals surface area contributed by atoms with Crippen molar-refractivity contribution < 1.29 is 13.6 Å². The minimum atomic E-state index is -0.834. The number of rotatable bonds is 4. The Bertz CT molecular complexity index is 527. The van der Waals surface area contributed by atoms with E-state index in [4.69, 9.17) is 11.6 Å². The van der Waals surface area contributed by atoms with Crippen LogP contribution in [0.15, 0.2) is 12.1 Å². The number of amides is 1. The standard InChI is InChI=1S/C16H20ClF2NO/c1-11-7-12(14(19)8-13(11)18)15(21)20-10-16(9-17)5-3-2-4-6-16/h7-8H,2-6,9-10H2,1H3,(H,20,21). The predicted octanol–water partition coefficient (Wildman–Crippen LogP) is 4.19. The van der Waals surface area contributed by atoms with Crippen molar-refractivity contribution in [3.05, 3.63) is 34.9 Å². The third-order valence-electron chi connectivity index (χ3n) is 4.31. The van der Waals surface area contributed by atoms with Gasteiger partial charge in [-0.2, -0.15) is 0 Å². The van der Waals surface area contributed by atoms with Crippen LogP contribution in [0.3, 0.4) is 0 Å². The minimum absolute atomic E-state index is 0.0962. The van der Waals surface area contributed by atoms with E-state index in [1.165, 1.54) is 19.4 Å². The molecule has 0 unspecified atom stereocenters. The van der Waals surface area contributed by atoms with Crippen LogP contribution >= 0.6 is 11.6 Å². The van der Waals surface area contributed by atoms with E-state index >= 15 is 0 Å². The number of hydrogen-bond acceptors (Lipinski definition) is 1. The molecule has 116 valence electrons. The maximum Gasteiger partial charge on any atom is 0.254 e. The van der Waals surface area contributed by atoms with E-state index in [-0.39, 0.29) is 16.5 Å². The van der Waals surface area contributed by atoms with Gasteiger partial charge in [-0.3, -0.25) is 4.79 Å². The van der Waals surface area contributed by atoms with Crippen molar-refractivity contribution in [1.82, 2.24) is 5.32 Å². The number of nitrogens with one attached hydrogen (secondary N) is 1. The summed E-state index contributed by atoms with van der Waals surface area (Å²) in [5.74, 6) is -1.50. The van der Waals surface area contributed by atoms with Crippen LogP contribution in [0.4, 0.5) is 8.78 Å². The number of carbonyl (C=O) groups excluding carboxylic acids is 1. The van der Waals surface area contributed by atoms with Gasteiger partial charge in [-0.05, 0) is 31.4 Å². The van der Waals surface area contributed by atoms with Gasteiger partial charge in [0.1, 0.15) is 11.6 Å². The summed E-state index contributed by atoms with van der Waals surface area (Å²) >= 11 is 6.07. The molecule has 2 rings (SSSR count). The van der Waals surface area contributed by atoms with Crippen molar-refractivity contribution >= 4 is 17.5 Å². The van der Waals surface area contributed by atoms with Crippen molar-refractivity contribution in [1.29, 1.82) is 0 Å². The second-order valence-electron chi connectivity index (χ2n) is 5.96. The first-order valence-corrected chi connectivity index (χ1v) is 7.81. The molecule has 2 nitrogen and oxygen atoms in total. The highest BCUT2D eigenvalue weighted by Crippen LogP contribution is 2.36. The fourth-order valence-corrected chi connectivity index (χ4v) is 3.22. The number of aryl methyl sites for hydroxylation is 1. The van der Waals surface area contributed by atoms with Crippen molar-refractivity contribution in [2.45, 2.75) is 39.0 Å². The number of benzene rings is 1. The fourth-order valence-electron chi connectivity index (χ4n) is 2.85. The zero-order valence-corrected chi connectivity index (χ0v) is 12.9. The summed E-state index contributed by atoms with van der Waals surface area (Å²) in [4.78, 5) is 12.1. The van der Waals surface area contributed by atoms with Gasteiger partial charge in [-0.25, -0.2) is 8.78 Å². The van der Waals surface area contributed by atoms with Crippen LogP contribution in [0.1, 0.15) is 48.0 Å². The molecule has 0 aliphatic heterocycles. The Hall–Kier alpha value is -1.16. The number of alkyl halides is 1. The molecule has 1 aromatic rings. The number of halogens is 3.